The predicted molar refractivity (Wildman–Crippen MR) is 78.7 cm³/mol. The molecular weight excluding hydrogens is 278 g/mol. The summed E-state index contributed by atoms with van der Waals surface area (Å²) in [6, 6.07) is 0. The molecule has 2 heterocycles. The van der Waals surface area contributed by atoms with E-state index in [-0.39, 0.29) is 0 Å². The van der Waals surface area contributed by atoms with Crippen molar-refractivity contribution in [1.82, 2.24) is 14.3 Å². The van der Waals surface area contributed by atoms with E-state index in [1.54, 1.807) is 4.31 Å². The SMILES string of the molecule is CNCC1CCCN(S(=O)(=O)NCC2CCCOC2)C1. The van der Waals surface area contributed by atoms with E-state index in [9.17, 15) is 8.42 Å². The van der Waals surface area contributed by atoms with Crippen molar-refractivity contribution in [3.8, 4) is 0 Å². The van der Waals surface area contributed by atoms with Crippen molar-refractivity contribution in [2.45, 2.75) is 25.7 Å². The fourth-order valence-electron chi connectivity index (χ4n) is 2.98. The van der Waals surface area contributed by atoms with Crippen molar-refractivity contribution >= 4 is 10.2 Å². The molecule has 118 valence electrons. The van der Waals surface area contributed by atoms with Gasteiger partial charge in [0, 0.05) is 26.2 Å². The van der Waals surface area contributed by atoms with Crippen molar-refractivity contribution in [3.63, 3.8) is 0 Å². The second kappa shape index (κ2) is 7.70. The van der Waals surface area contributed by atoms with Crippen LogP contribution in [0.3, 0.4) is 0 Å². The van der Waals surface area contributed by atoms with Gasteiger partial charge in [-0.2, -0.15) is 12.7 Å². The quantitative estimate of drug-likeness (QED) is 0.734. The van der Waals surface area contributed by atoms with Gasteiger partial charge >= 0.3 is 0 Å². The minimum Gasteiger partial charge on any atom is -0.381 e. The summed E-state index contributed by atoms with van der Waals surface area (Å²) >= 11 is 0. The Hall–Kier alpha value is -0.210. The number of hydrogen-bond acceptors (Lipinski definition) is 4. The molecule has 0 bridgehead atoms. The fraction of sp³-hybridized carbons (Fsp3) is 1.00. The van der Waals surface area contributed by atoms with Crippen LogP contribution in [0.2, 0.25) is 0 Å². The van der Waals surface area contributed by atoms with Gasteiger partial charge in [-0.1, -0.05) is 0 Å². The molecule has 0 spiro atoms. The van der Waals surface area contributed by atoms with Gasteiger partial charge in [-0.05, 0) is 51.1 Å². The molecule has 0 aromatic rings. The zero-order chi connectivity index (χ0) is 14.4. The van der Waals surface area contributed by atoms with Gasteiger partial charge in [0.1, 0.15) is 0 Å². The molecule has 2 saturated heterocycles. The Kier molecular flexibility index (Phi) is 6.22. The minimum absolute atomic E-state index is 0.316. The largest absolute Gasteiger partial charge is 0.381 e. The Morgan fingerprint density at radius 3 is 2.70 bits per heavy atom. The van der Waals surface area contributed by atoms with Crippen molar-refractivity contribution < 1.29 is 13.2 Å². The lowest BCUT2D eigenvalue weighted by Crippen LogP contribution is -2.48. The summed E-state index contributed by atoms with van der Waals surface area (Å²) in [6.45, 7) is 4.11. The van der Waals surface area contributed by atoms with Crippen LogP contribution in [0.25, 0.3) is 0 Å². The van der Waals surface area contributed by atoms with Crippen LogP contribution in [0.15, 0.2) is 0 Å². The van der Waals surface area contributed by atoms with Crippen molar-refractivity contribution in [1.29, 1.82) is 0 Å². The minimum atomic E-state index is -3.33. The van der Waals surface area contributed by atoms with E-state index in [2.05, 4.69) is 10.0 Å². The lowest BCUT2D eigenvalue weighted by Gasteiger charge is -2.32. The number of nitrogens with one attached hydrogen (secondary N) is 2. The third-order valence-corrected chi connectivity index (χ3v) is 5.67. The van der Waals surface area contributed by atoms with Gasteiger partial charge in [-0.25, -0.2) is 4.72 Å². The van der Waals surface area contributed by atoms with Crippen LogP contribution in [-0.4, -0.2) is 59.2 Å². The van der Waals surface area contributed by atoms with Crippen LogP contribution in [0.4, 0.5) is 0 Å². The van der Waals surface area contributed by atoms with Crippen LogP contribution in [0.5, 0.6) is 0 Å². The van der Waals surface area contributed by atoms with Gasteiger partial charge in [0.15, 0.2) is 0 Å². The molecule has 2 atom stereocenters. The molecule has 20 heavy (non-hydrogen) atoms. The zero-order valence-corrected chi connectivity index (χ0v) is 13.1. The van der Waals surface area contributed by atoms with Crippen molar-refractivity contribution in [3.05, 3.63) is 0 Å². The first kappa shape index (κ1) is 16.2. The van der Waals surface area contributed by atoms with E-state index < -0.39 is 10.2 Å². The van der Waals surface area contributed by atoms with Crippen LogP contribution in [-0.2, 0) is 14.9 Å². The van der Waals surface area contributed by atoms with Crippen molar-refractivity contribution in [2.75, 3.05) is 46.4 Å². The van der Waals surface area contributed by atoms with Gasteiger partial charge in [0.2, 0.25) is 0 Å². The smallest absolute Gasteiger partial charge is 0.279 e. The van der Waals surface area contributed by atoms with Crippen LogP contribution >= 0.6 is 0 Å². The first-order valence-corrected chi connectivity index (χ1v) is 9.03. The predicted octanol–water partition coefficient (Wildman–Crippen LogP) is 0.179. The monoisotopic (exact) mass is 305 g/mol. The molecule has 0 aromatic carbocycles. The molecule has 0 saturated carbocycles. The maximum absolute atomic E-state index is 12.3. The second-order valence-electron chi connectivity index (χ2n) is 5.86. The van der Waals surface area contributed by atoms with E-state index in [1.807, 2.05) is 7.05 Å². The average Bonchev–Trinajstić information content (AvgIpc) is 2.47. The molecule has 6 nitrogen and oxygen atoms in total. The van der Waals surface area contributed by atoms with E-state index in [0.717, 1.165) is 38.8 Å². The highest BCUT2D eigenvalue weighted by Gasteiger charge is 2.29. The highest BCUT2D eigenvalue weighted by molar-refractivity contribution is 7.87. The van der Waals surface area contributed by atoms with Crippen LogP contribution in [0, 0.1) is 11.8 Å². The lowest BCUT2D eigenvalue weighted by molar-refractivity contribution is 0.0566. The molecule has 2 unspecified atom stereocenters. The molecule has 7 heteroatoms. The molecule has 2 rings (SSSR count). The summed E-state index contributed by atoms with van der Waals surface area (Å²) in [5, 5.41) is 3.13. The van der Waals surface area contributed by atoms with E-state index >= 15 is 0 Å². The lowest BCUT2D eigenvalue weighted by atomic mass is 10.00. The molecule has 0 amide bonds. The number of rotatable bonds is 6. The average molecular weight is 305 g/mol. The Bertz CT molecular complexity index is 380. The molecule has 2 aliphatic heterocycles. The highest BCUT2D eigenvalue weighted by atomic mass is 32.2. The Labute approximate surface area is 122 Å². The van der Waals surface area contributed by atoms with E-state index in [0.29, 0.717) is 38.1 Å². The molecule has 0 radical (unpaired) electrons. The third-order valence-electron chi connectivity index (χ3n) is 4.12. The maximum atomic E-state index is 12.3. The maximum Gasteiger partial charge on any atom is 0.279 e. The molecule has 2 N–H and O–H groups in total. The van der Waals surface area contributed by atoms with Gasteiger partial charge in [0.05, 0.1) is 6.61 Å². The number of nitrogens with zero attached hydrogens (tertiary/aromatic N) is 1. The first-order valence-electron chi connectivity index (χ1n) is 7.59. The van der Waals surface area contributed by atoms with Gasteiger partial charge < -0.3 is 10.1 Å². The number of ether oxygens (including phenoxy) is 1. The highest BCUT2D eigenvalue weighted by Crippen LogP contribution is 2.18. The van der Waals surface area contributed by atoms with Crippen LogP contribution in [0.1, 0.15) is 25.7 Å². The van der Waals surface area contributed by atoms with Crippen LogP contribution < -0.4 is 10.0 Å². The van der Waals surface area contributed by atoms with Gasteiger partial charge in [-0.3, -0.25) is 0 Å². The molecule has 2 aliphatic rings. The van der Waals surface area contributed by atoms with E-state index in [4.69, 9.17) is 4.74 Å². The summed E-state index contributed by atoms with van der Waals surface area (Å²) in [5.74, 6) is 0.736. The summed E-state index contributed by atoms with van der Waals surface area (Å²) < 4.78 is 34.4. The summed E-state index contributed by atoms with van der Waals surface area (Å²) in [7, 11) is -1.42. The van der Waals surface area contributed by atoms with E-state index in [1.165, 1.54) is 0 Å². The normalized spacial score (nSPS) is 29.4. The Morgan fingerprint density at radius 1 is 1.20 bits per heavy atom. The molecule has 0 aliphatic carbocycles. The number of hydrogen-bond donors (Lipinski definition) is 2. The Balaban J connectivity index is 1.82. The fourth-order valence-corrected chi connectivity index (χ4v) is 4.39. The zero-order valence-electron chi connectivity index (χ0n) is 12.3. The molecule has 0 aromatic heterocycles. The van der Waals surface area contributed by atoms with Gasteiger partial charge in [-0.15, -0.1) is 0 Å². The standard InChI is InChI=1S/C13H27N3O3S/c1-14-8-12-4-2-6-16(10-12)20(17,18)15-9-13-5-3-7-19-11-13/h12-15H,2-11H2,1H3. The molecule has 2 fully saturated rings. The summed E-state index contributed by atoms with van der Waals surface area (Å²) in [5.41, 5.74) is 0. The Morgan fingerprint density at radius 2 is 2.00 bits per heavy atom. The number of piperidine rings is 1. The first-order chi connectivity index (χ1) is 9.62. The topological polar surface area (TPSA) is 70.7 Å². The summed E-state index contributed by atoms with van der Waals surface area (Å²) in [4.78, 5) is 0. The van der Waals surface area contributed by atoms with Crippen molar-refractivity contribution in [2.24, 2.45) is 11.8 Å². The second-order valence-corrected chi connectivity index (χ2v) is 7.62. The van der Waals surface area contributed by atoms with Gasteiger partial charge in [0.25, 0.3) is 10.2 Å². The summed E-state index contributed by atoms with van der Waals surface area (Å²) in [6.07, 6.45) is 4.12. The third kappa shape index (κ3) is 4.66. The molecular formula is C13H27N3O3S.